The third kappa shape index (κ3) is 12.4. The van der Waals surface area contributed by atoms with Gasteiger partial charge in [-0.15, -0.1) is 12.4 Å². The van der Waals surface area contributed by atoms with Crippen molar-refractivity contribution < 1.29 is 31.4 Å². The Balaban J connectivity index is 0.000000227. The number of nitrogens with two attached hydrogens (primary N) is 1. The molecule has 0 aliphatic heterocycles. The quantitative estimate of drug-likeness (QED) is 0.130. The number of alkyl halides is 6. The average Bonchev–Trinajstić information content (AvgIpc) is 3.53. The van der Waals surface area contributed by atoms with Gasteiger partial charge >= 0.3 is 12.4 Å². The number of halogens is 10. The fourth-order valence-corrected chi connectivity index (χ4v) is 6.91. The molecule has 19 heteroatoms. The molecule has 6 rings (SSSR count). The van der Waals surface area contributed by atoms with Gasteiger partial charge < -0.3 is 25.3 Å². The van der Waals surface area contributed by atoms with Crippen molar-refractivity contribution in [2.45, 2.75) is 101 Å². The van der Waals surface area contributed by atoms with Crippen LogP contribution in [-0.2, 0) is 0 Å². The van der Waals surface area contributed by atoms with Gasteiger partial charge in [0.15, 0.2) is 0 Å². The first kappa shape index (κ1) is 41.5. The van der Waals surface area contributed by atoms with Crippen molar-refractivity contribution in [3.05, 3.63) is 39.0 Å². The van der Waals surface area contributed by atoms with Gasteiger partial charge in [0, 0.05) is 58.9 Å². The molecule has 0 radical (unpaired) electrons. The molecule has 4 aromatic rings. The van der Waals surface area contributed by atoms with Gasteiger partial charge in [-0.3, -0.25) is 0 Å². The van der Waals surface area contributed by atoms with E-state index in [1.54, 1.807) is 12.4 Å². The standard InChI is InChI=1S/C15H18BrF3N4O.C12H13BrClN3.C3H6F3N.ClH/c16-12-8-23(9-1-3-10(24)4-2-9)13-11(12)7-21-14(22-13)20-6-5-15(17,18)19;13-10-7-17(8-4-2-1-3-5-8)11-9(10)6-15-12(14)16-11;4-3(5,6)1-2-7;/h7-10,24H,1-6H2,(H,20,21,22);6-8H,1-5H2;1-2,7H2;1H. The minimum Gasteiger partial charge on any atom is -0.393 e. The van der Waals surface area contributed by atoms with Crippen LogP contribution in [0.15, 0.2) is 33.7 Å². The molecule has 0 atom stereocenters. The molecule has 0 bridgehead atoms. The third-order valence-electron chi connectivity index (χ3n) is 8.16. The lowest BCUT2D eigenvalue weighted by atomic mass is 9.93. The van der Waals surface area contributed by atoms with E-state index in [4.69, 9.17) is 11.6 Å². The summed E-state index contributed by atoms with van der Waals surface area (Å²) in [6.07, 6.45) is 6.70. The van der Waals surface area contributed by atoms with Crippen molar-refractivity contribution in [3.63, 3.8) is 0 Å². The number of nitrogens with one attached hydrogen (secondary N) is 1. The van der Waals surface area contributed by atoms with E-state index < -0.39 is 25.2 Å². The summed E-state index contributed by atoms with van der Waals surface area (Å²) >= 11 is 12.9. The fourth-order valence-electron chi connectivity index (χ4n) is 5.78. The Morgan fingerprint density at radius 1 is 0.796 bits per heavy atom. The molecule has 2 aliphatic carbocycles. The molecule has 0 aromatic carbocycles. The molecule has 0 saturated heterocycles. The van der Waals surface area contributed by atoms with E-state index in [0.29, 0.717) is 17.0 Å². The summed E-state index contributed by atoms with van der Waals surface area (Å²) in [7, 11) is 0. The highest BCUT2D eigenvalue weighted by atomic mass is 79.9. The minimum atomic E-state index is -4.21. The molecule has 2 fully saturated rings. The van der Waals surface area contributed by atoms with Crippen LogP contribution in [0.1, 0.15) is 82.7 Å². The summed E-state index contributed by atoms with van der Waals surface area (Å²) in [5.74, 6) is 0.189. The molecule has 49 heavy (non-hydrogen) atoms. The first-order valence-corrected chi connectivity index (χ1v) is 17.6. The van der Waals surface area contributed by atoms with Gasteiger partial charge in [-0.2, -0.15) is 36.3 Å². The highest BCUT2D eigenvalue weighted by molar-refractivity contribution is 9.11. The van der Waals surface area contributed by atoms with Gasteiger partial charge in [-0.25, -0.2) is 9.97 Å². The number of hydrogen-bond donors (Lipinski definition) is 3. The summed E-state index contributed by atoms with van der Waals surface area (Å²) in [4.78, 5) is 16.9. The molecule has 4 N–H and O–H groups in total. The summed E-state index contributed by atoms with van der Waals surface area (Å²) in [6, 6.07) is 0.781. The zero-order valence-electron chi connectivity index (χ0n) is 26.3. The Morgan fingerprint density at radius 2 is 1.31 bits per heavy atom. The number of aliphatic hydroxyl groups excluding tert-OH is 1. The van der Waals surface area contributed by atoms with Crippen molar-refractivity contribution in [3.8, 4) is 0 Å². The van der Waals surface area contributed by atoms with Crippen LogP contribution >= 0.6 is 55.9 Å². The molecule has 2 aliphatic rings. The number of rotatable bonds is 6. The maximum atomic E-state index is 12.2. The Bertz CT molecular complexity index is 1620. The second-order valence-corrected chi connectivity index (χ2v) is 13.8. The van der Waals surface area contributed by atoms with Crippen LogP contribution in [0, 0.1) is 0 Å². The molecule has 0 amide bonds. The summed E-state index contributed by atoms with van der Waals surface area (Å²) in [5, 5.41) is 14.5. The van der Waals surface area contributed by atoms with Crippen LogP contribution in [0.25, 0.3) is 22.1 Å². The van der Waals surface area contributed by atoms with E-state index in [1.807, 2.05) is 10.8 Å². The number of nitrogens with zero attached hydrogens (tertiary/aromatic N) is 6. The predicted octanol–water partition coefficient (Wildman–Crippen LogP) is 9.71. The summed E-state index contributed by atoms with van der Waals surface area (Å²) in [6.45, 7) is -0.573. The molecular formula is C30H38Br2Cl2F6N8O. The van der Waals surface area contributed by atoms with E-state index in [9.17, 15) is 31.4 Å². The van der Waals surface area contributed by atoms with Gasteiger partial charge in [0.2, 0.25) is 11.2 Å². The van der Waals surface area contributed by atoms with Crippen molar-refractivity contribution in [2.24, 2.45) is 5.73 Å². The Labute approximate surface area is 307 Å². The first-order valence-electron chi connectivity index (χ1n) is 15.6. The van der Waals surface area contributed by atoms with Gasteiger partial charge in [0.1, 0.15) is 11.3 Å². The molecule has 0 unspecified atom stereocenters. The van der Waals surface area contributed by atoms with Gasteiger partial charge in [-0.05, 0) is 82.0 Å². The van der Waals surface area contributed by atoms with Crippen LogP contribution < -0.4 is 11.1 Å². The van der Waals surface area contributed by atoms with Crippen molar-refractivity contribution in [1.29, 1.82) is 0 Å². The predicted molar refractivity (Wildman–Crippen MR) is 187 cm³/mol. The lowest BCUT2D eigenvalue weighted by molar-refractivity contribution is -0.132. The minimum absolute atomic E-state index is 0. The molecule has 9 nitrogen and oxygen atoms in total. The zero-order chi connectivity index (χ0) is 35.1. The monoisotopic (exact) mass is 868 g/mol. The lowest BCUT2D eigenvalue weighted by Crippen LogP contribution is -2.21. The second kappa shape index (κ2) is 18.5. The van der Waals surface area contributed by atoms with Crippen LogP contribution in [0.3, 0.4) is 0 Å². The summed E-state index contributed by atoms with van der Waals surface area (Å²) in [5.41, 5.74) is 6.23. The first-order chi connectivity index (χ1) is 22.6. The Kier molecular flexibility index (Phi) is 15.7. The Hall–Kier alpha value is -1.92. The maximum Gasteiger partial charge on any atom is 0.390 e. The van der Waals surface area contributed by atoms with Gasteiger partial charge in [-0.1, -0.05) is 19.3 Å². The maximum absolute atomic E-state index is 12.2. The molecule has 4 heterocycles. The topological polar surface area (TPSA) is 120 Å². The fraction of sp³-hybridized carbons (Fsp3) is 0.600. The van der Waals surface area contributed by atoms with Crippen molar-refractivity contribution >= 4 is 83.9 Å². The van der Waals surface area contributed by atoms with Gasteiger partial charge in [0.05, 0.1) is 29.7 Å². The van der Waals surface area contributed by atoms with Crippen LogP contribution in [0.2, 0.25) is 5.28 Å². The number of aliphatic hydroxyl groups is 1. The van der Waals surface area contributed by atoms with Crippen molar-refractivity contribution in [1.82, 2.24) is 29.1 Å². The third-order valence-corrected chi connectivity index (χ3v) is 9.61. The van der Waals surface area contributed by atoms with Crippen LogP contribution in [0.4, 0.5) is 32.3 Å². The van der Waals surface area contributed by atoms with E-state index in [-0.39, 0.29) is 43.6 Å². The van der Waals surface area contributed by atoms with Crippen molar-refractivity contribution in [2.75, 3.05) is 18.4 Å². The highest BCUT2D eigenvalue weighted by Gasteiger charge is 2.27. The lowest BCUT2D eigenvalue weighted by Gasteiger charge is -2.27. The van der Waals surface area contributed by atoms with E-state index >= 15 is 0 Å². The highest BCUT2D eigenvalue weighted by Crippen LogP contribution is 2.36. The van der Waals surface area contributed by atoms with E-state index in [1.165, 1.54) is 32.1 Å². The molecule has 274 valence electrons. The molecule has 0 spiro atoms. The molecular weight excluding hydrogens is 833 g/mol. The summed E-state index contributed by atoms with van der Waals surface area (Å²) < 4.78 is 75.8. The average molecular weight is 871 g/mol. The second-order valence-electron chi connectivity index (χ2n) is 11.8. The number of anilines is 1. The molecule has 2 saturated carbocycles. The largest absolute Gasteiger partial charge is 0.393 e. The Morgan fingerprint density at radius 3 is 1.82 bits per heavy atom. The number of fused-ring (bicyclic) bond motifs is 2. The van der Waals surface area contributed by atoms with E-state index in [0.717, 1.165) is 51.0 Å². The number of aromatic nitrogens is 6. The number of hydrogen-bond acceptors (Lipinski definition) is 7. The van der Waals surface area contributed by atoms with Crippen LogP contribution in [-0.4, -0.2) is 65.7 Å². The normalized spacial score (nSPS) is 18.7. The zero-order valence-corrected chi connectivity index (χ0v) is 31.0. The van der Waals surface area contributed by atoms with Gasteiger partial charge in [0.25, 0.3) is 0 Å². The smallest absolute Gasteiger partial charge is 0.390 e. The van der Waals surface area contributed by atoms with E-state index in [2.05, 4.69) is 73.6 Å². The SMILES string of the molecule is Cl.Clc1ncc2c(Br)cn(C3CCCCC3)c2n1.NCCC(F)(F)F.OC1CCC(n2cc(Br)c3cnc(NCCC(F)(F)F)nc32)CC1. The van der Waals surface area contributed by atoms with Crippen LogP contribution in [0.5, 0.6) is 0 Å². The molecule has 4 aromatic heterocycles.